The first kappa shape index (κ1) is 35.4. The van der Waals surface area contributed by atoms with Crippen LogP contribution < -0.4 is 10.6 Å². The van der Waals surface area contributed by atoms with Crippen LogP contribution in [0.2, 0.25) is 0 Å². The Bertz CT molecular complexity index is 1670. The maximum Gasteiger partial charge on any atom is 0.410 e. The number of sulfone groups is 1. The van der Waals surface area contributed by atoms with E-state index >= 15 is 0 Å². The van der Waals surface area contributed by atoms with Gasteiger partial charge in [0.15, 0.2) is 9.84 Å². The highest BCUT2D eigenvalue weighted by Gasteiger charge is 2.55. The zero-order valence-electron chi connectivity index (χ0n) is 29.4. The number of likely N-dealkylation sites (tertiary alicyclic amines) is 1. The number of nitrogens with one attached hydrogen (secondary N) is 2. The lowest BCUT2D eigenvalue weighted by Gasteiger charge is -2.51. The number of rotatable bonds is 9. The van der Waals surface area contributed by atoms with Crippen molar-refractivity contribution in [3.63, 3.8) is 0 Å². The molecule has 13 heteroatoms. The number of aliphatic hydroxyl groups excluding tert-OH is 1. The van der Waals surface area contributed by atoms with E-state index in [2.05, 4.69) is 15.6 Å². The number of amides is 1. The van der Waals surface area contributed by atoms with Gasteiger partial charge >= 0.3 is 12.1 Å². The highest BCUT2D eigenvalue weighted by molar-refractivity contribution is 7.92. The molecule has 49 heavy (non-hydrogen) atoms. The van der Waals surface area contributed by atoms with Crippen LogP contribution >= 0.6 is 0 Å². The summed E-state index contributed by atoms with van der Waals surface area (Å²) in [5.41, 5.74) is 0.743. The molecule has 6 rings (SSSR count). The second-order valence-electron chi connectivity index (χ2n) is 15.6. The van der Waals surface area contributed by atoms with Crippen molar-refractivity contribution in [2.75, 3.05) is 30.3 Å². The molecule has 2 atom stereocenters. The second-order valence-corrected chi connectivity index (χ2v) is 17.8. The Balaban J connectivity index is 1.13. The first-order valence-electron chi connectivity index (χ1n) is 17.7. The topological polar surface area (TPSA) is 160 Å². The van der Waals surface area contributed by atoms with Crippen LogP contribution in [0.3, 0.4) is 0 Å². The molecule has 0 radical (unpaired) electrons. The van der Waals surface area contributed by atoms with Gasteiger partial charge in [0.05, 0.1) is 28.3 Å². The Morgan fingerprint density at radius 2 is 1.82 bits per heavy atom. The lowest BCUT2D eigenvalue weighted by Crippen LogP contribution is -2.53. The molecule has 3 saturated carbocycles. The van der Waals surface area contributed by atoms with Gasteiger partial charge in [0.2, 0.25) is 5.95 Å². The van der Waals surface area contributed by atoms with E-state index in [4.69, 9.17) is 14.5 Å². The molecule has 1 aromatic heterocycles. The molecule has 3 aliphatic carbocycles. The van der Waals surface area contributed by atoms with Crippen molar-refractivity contribution in [1.82, 2.24) is 14.9 Å². The predicted molar refractivity (Wildman–Crippen MR) is 186 cm³/mol. The smallest absolute Gasteiger partial charge is 0.410 e. The van der Waals surface area contributed by atoms with Gasteiger partial charge in [-0.05, 0) is 128 Å². The Kier molecular flexibility index (Phi) is 9.64. The van der Waals surface area contributed by atoms with E-state index in [1.54, 1.807) is 36.2 Å². The molecule has 268 valence electrons. The lowest BCUT2D eigenvalue weighted by atomic mass is 9.63. The third-order valence-electron chi connectivity index (χ3n) is 10.7. The van der Waals surface area contributed by atoms with Gasteiger partial charge in [-0.3, -0.25) is 4.79 Å². The maximum absolute atomic E-state index is 13.7. The third-order valence-corrected chi connectivity index (χ3v) is 12.8. The Morgan fingerprint density at radius 3 is 2.43 bits per heavy atom. The van der Waals surface area contributed by atoms with Crippen LogP contribution in [0, 0.1) is 12.3 Å². The van der Waals surface area contributed by atoms with Crippen molar-refractivity contribution in [3.05, 3.63) is 35.5 Å². The van der Waals surface area contributed by atoms with Crippen molar-refractivity contribution in [2.45, 2.75) is 132 Å². The average Bonchev–Trinajstić information content (AvgIpc) is 3.82. The number of carbonyl (C=O) groups excluding carboxylic acids is 2. The quantitative estimate of drug-likeness (QED) is 0.272. The summed E-state index contributed by atoms with van der Waals surface area (Å²) in [6, 6.07) is 5.10. The summed E-state index contributed by atoms with van der Waals surface area (Å²) in [4.78, 5) is 36.9. The van der Waals surface area contributed by atoms with Gasteiger partial charge in [0.25, 0.3) is 0 Å². The van der Waals surface area contributed by atoms with Crippen molar-refractivity contribution in [3.8, 4) is 0 Å². The standard InChI is InChI=1S/C36H51N5O7S/c1-6-47-31(43)36(12-13-36)28-22-37-32(40-30(28)38-24-8-7-9-25(42)19-24)39-29-11-10-26(18-23(29)2)49(45,46)27-20-35(21-27)14-16-41(17-15-35)33(44)48-34(3,4)5/h10-11,18,22,24-25,27,42H,6-9,12-17,19-21H2,1-5H3,(H2,37,38,39,40)/t24-,25-/m1/s1. The summed E-state index contributed by atoms with van der Waals surface area (Å²) >= 11 is 0. The molecule has 1 aliphatic heterocycles. The molecule has 1 amide bonds. The van der Waals surface area contributed by atoms with Crippen molar-refractivity contribution in [2.24, 2.45) is 5.41 Å². The number of anilines is 3. The highest BCUT2D eigenvalue weighted by Crippen LogP contribution is 2.53. The van der Waals surface area contributed by atoms with Crippen LogP contribution in [0.5, 0.6) is 0 Å². The number of ether oxygens (including phenoxy) is 2. The molecule has 1 spiro atoms. The number of esters is 1. The highest BCUT2D eigenvalue weighted by atomic mass is 32.2. The van der Waals surface area contributed by atoms with E-state index in [-0.39, 0.29) is 29.6 Å². The van der Waals surface area contributed by atoms with Gasteiger partial charge in [0.1, 0.15) is 11.4 Å². The second kappa shape index (κ2) is 13.4. The Labute approximate surface area is 289 Å². The normalized spacial score (nSPS) is 23.3. The largest absolute Gasteiger partial charge is 0.465 e. The van der Waals surface area contributed by atoms with Crippen LogP contribution in [0.4, 0.5) is 22.2 Å². The number of carbonyl (C=O) groups is 2. The number of piperidine rings is 1. The van der Waals surface area contributed by atoms with Crippen LogP contribution in [0.15, 0.2) is 29.3 Å². The number of nitrogens with zero attached hydrogens (tertiary/aromatic N) is 3. The van der Waals surface area contributed by atoms with Gasteiger partial charge in [-0.1, -0.05) is 0 Å². The number of aliphatic hydroxyl groups is 1. The van der Waals surface area contributed by atoms with E-state index < -0.39 is 26.1 Å². The molecule has 0 unspecified atom stereocenters. The molecule has 1 saturated heterocycles. The van der Waals surface area contributed by atoms with Crippen LogP contribution in [0.25, 0.3) is 0 Å². The fourth-order valence-corrected chi connectivity index (χ4v) is 9.79. The van der Waals surface area contributed by atoms with Crippen molar-refractivity contribution < 1.29 is 32.6 Å². The molecule has 2 heterocycles. The van der Waals surface area contributed by atoms with E-state index in [0.717, 1.165) is 37.7 Å². The molecule has 1 aromatic carbocycles. The predicted octanol–water partition coefficient (Wildman–Crippen LogP) is 5.79. The van der Waals surface area contributed by atoms with Gasteiger partial charge in [-0.2, -0.15) is 4.98 Å². The minimum atomic E-state index is -3.54. The van der Waals surface area contributed by atoms with Crippen LogP contribution in [0.1, 0.15) is 103 Å². The molecule has 2 aromatic rings. The van der Waals surface area contributed by atoms with E-state index in [1.807, 2.05) is 27.7 Å². The number of aromatic nitrogens is 2. The summed E-state index contributed by atoms with van der Waals surface area (Å²) in [5.74, 6) is 0.594. The van der Waals surface area contributed by atoms with Crippen molar-refractivity contribution >= 4 is 39.4 Å². The lowest BCUT2D eigenvalue weighted by molar-refractivity contribution is -0.146. The minimum Gasteiger partial charge on any atom is -0.465 e. The molecule has 3 N–H and O–H groups in total. The van der Waals surface area contributed by atoms with Gasteiger partial charge in [0, 0.05) is 36.6 Å². The monoisotopic (exact) mass is 697 g/mol. The Morgan fingerprint density at radius 1 is 1.10 bits per heavy atom. The van der Waals surface area contributed by atoms with E-state index in [1.165, 1.54) is 0 Å². The zero-order valence-corrected chi connectivity index (χ0v) is 30.2. The first-order valence-corrected chi connectivity index (χ1v) is 19.3. The maximum atomic E-state index is 13.7. The number of hydrogen-bond donors (Lipinski definition) is 3. The SMILES string of the molecule is CCOC(=O)C1(c2cnc(Nc3ccc(S(=O)(=O)C4CC5(CCN(C(=O)OC(C)(C)C)CC5)C4)cc3C)nc2N[C@@H]2CCC[C@@H](O)C2)CC1. The fourth-order valence-electron chi connectivity index (χ4n) is 7.66. The van der Waals surface area contributed by atoms with Crippen molar-refractivity contribution in [1.29, 1.82) is 0 Å². The van der Waals surface area contributed by atoms with E-state index in [9.17, 15) is 23.1 Å². The van der Waals surface area contributed by atoms with E-state index in [0.29, 0.717) is 79.7 Å². The first-order chi connectivity index (χ1) is 23.1. The third kappa shape index (κ3) is 7.52. The van der Waals surface area contributed by atoms with Crippen LogP contribution in [-0.4, -0.2) is 83.1 Å². The molecule has 12 nitrogen and oxygen atoms in total. The summed E-state index contributed by atoms with van der Waals surface area (Å²) in [5, 5.41) is 16.6. The van der Waals surface area contributed by atoms with Gasteiger partial charge in [-0.15, -0.1) is 0 Å². The van der Waals surface area contributed by atoms with Gasteiger partial charge in [-0.25, -0.2) is 18.2 Å². The number of hydrogen-bond acceptors (Lipinski definition) is 11. The average molecular weight is 698 g/mol. The molecule has 4 aliphatic rings. The minimum absolute atomic E-state index is 0.0117. The Hall–Kier alpha value is -3.45. The molecular formula is C36H51N5O7S. The summed E-state index contributed by atoms with van der Waals surface area (Å²) in [6.45, 7) is 10.6. The molecule has 0 bridgehead atoms. The van der Waals surface area contributed by atoms with Crippen LogP contribution in [-0.2, 0) is 29.5 Å². The molecule has 4 fully saturated rings. The summed E-state index contributed by atoms with van der Waals surface area (Å²) < 4.78 is 38.3. The number of benzene rings is 1. The van der Waals surface area contributed by atoms with Gasteiger partial charge < -0.3 is 30.1 Å². The zero-order chi connectivity index (χ0) is 35.2. The number of aryl methyl sites for hydroxylation is 1. The fraction of sp³-hybridized carbons (Fsp3) is 0.667. The summed E-state index contributed by atoms with van der Waals surface area (Å²) in [6.07, 6.45) is 8.21. The molecular weight excluding hydrogens is 646 g/mol. The summed E-state index contributed by atoms with van der Waals surface area (Å²) in [7, 11) is -3.54.